The average molecular weight is 561 g/mol. The van der Waals surface area contributed by atoms with Gasteiger partial charge in [-0.25, -0.2) is 0 Å². The maximum absolute atomic E-state index is 16.3. The topological polar surface area (TPSA) is 89.5 Å². The van der Waals surface area contributed by atoms with Crippen LogP contribution in [0.5, 0.6) is 0 Å². The minimum absolute atomic E-state index is 0.171. The summed E-state index contributed by atoms with van der Waals surface area (Å²) in [5.41, 5.74) is -1.02. The van der Waals surface area contributed by atoms with Crippen molar-refractivity contribution in [3.8, 4) is 0 Å². The van der Waals surface area contributed by atoms with Crippen LogP contribution in [0.3, 0.4) is 0 Å². The van der Waals surface area contributed by atoms with Crippen molar-refractivity contribution in [1.29, 1.82) is 0 Å². The smallest absolute Gasteiger partial charge is 0.389 e. The standard InChI is InChI=1S/C28H49FO8Si/c1-10-11-20-23(37-38(29,16(2)3)17(4)5)25-26(35-20)24(33-18(6)30)22-21(36-25)13-12-19(34-22)14-15-32-27(31)28(7,8)9/h16-17,19-26H,10-15H2,1-9H3/t19-,20-,21+,22+,23+,24-,25+,26+/m1/s1. The van der Waals surface area contributed by atoms with Crippen molar-refractivity contribution < 1.29 is 41.8 Å². The minimum Gasteiger partial charge on any atom is -0.465 e. The molecule has 0 spiro atoms. The molecule has 8 atom stereocenters. The van der Waals surface area contributed by atoms with Crippen LogP contribution in [-0.4, -0.2) is 76.0 Å². The van der Waals surface area contributed by atoms with E-state index in [0.717, 1.165) is 6.42 Å². The zero-order valence-corrected chi connectivity index (χ0v) is 25.7. The average Bonchev–Trinajstić information content (AvgIpc) is 3.14. The number of halogens is 1. The van der Waals surface area contributed by atoms with E-state index in [2.05, 4.69) is 6.92 Å². The number of fused-ring (bicyclic) bond motifs is 2. The van der Waals surface area contributed by atoms with E-state index in [9.17, 15) is 9.59 Å². The maximum Gasteiger partial charge on any atom is 0.389 e. The molecule has 0 aromatic carbocycles. The Morgan fingerprint density at radius 1 is 0.947 bits per heavy atom. The van der Waals surface area contributed by atoms with Gasteiger partial charge in [0, 0.05) is 24.4 Å². The molecule has 0 unspecified atom stereocenters. The molecule has 0 aliphatic carbocycles. The molecule has 3 fully saturated rings. The highest BCUT2D eigenvalue weighted by atomic mass is 28.4. The van der Waals surface area contributed by atoms with E-state index in [1.54, 1.807) is 0 Å². The largest absolute Gasteiger partial charge is 0.465 e. The fourth-order valence-corrected chi connectivity index (χ4v) is 8.32. The lowest BCUT2D eigenvalue weighted by atomic mass is 9.87. The molecule has 3 aliphatic rings. The Bertz CT molecular complexity index is 807. The zero-order chi connectivity index (χ0) is 28.4. The Kier molecular flexibility index (Phi) is 10.4. The normalized spacial score (nSPS) is 33.7. The third-order valence-corrected chi connectivity index (χ3v) is 11.6. The van der Waals surface area contributed by atoms with Crippen molar-refractivity contribution in [1.82, 2.24) is 0 Å². The molecule has 0 saturated carbocycles. The van der Waals surface area contributed by atoms with Gasteiger partial charge in [-0.1, -0.05) is 41.0 Å². The second-order valence-corrected chi connectivity index (χ2v) is 16.6. The summed E-state index contributed by atoms with van der Waals surface area (Å²) in [6.45, 7) is 16.6. The van der Waals surface area contributed by atoms with Crippen LogP contribution in [-0.2, 0) is 37.7 Å². The Hall–Kier alpha value is -1.07. The molecule has 3 heterocycles. The lowest BCUT2D eigenvalue weighted by molar-refractivity contribution is -0.265. The fourth-order valence-electron chi connectivity index (χ4n) is 5.73. The Morgan fingerprint density at radius 3 is 2.13 bits per heavy atom. The van der Waals surface area contributed by atoms with Gasteiger partial charge in [0.25, 0.3) is 0 Å². The van der Waals surface area contributed by atoms with Gasteiger partial charge in [-0.3, -0.25) is 13.7 Å². The Labute approximate surface area is 228 Å². The highest BCUT2D eigenvalue weighted by Gasteiger charge is 2.61. The lowest BCUT2D eigenvalue weighted by Crippen LogP contribution is -2.63. The number of hydrogen-bond acceptors (Lipinski definition) is 8. The number of hydrogen-bond donors (Lipinski definition) is 0. The highest BCUT2D eigenvalue weighted by Crippen LogP contribution is 2.45. The van der Waals surface area contributed by atoms with Gasteiger partial charge in [0.1, 0.15) is 24.4 Å². The van der Waals surface area contributed by atoms with Crippen LogP contribution in [0.4, 0.5) is 4.11 Å². The summed E-state index contributed by atoms with van der Waals surface area (Å²) < 4.78 is 53.3. The quantitative estimate of drug-likeness (QED) is 0.199. The predicted octanol–water partition coefficient (Wildman–Crippen LogP) is 5.40. The molecule has 8 nitrogen and oxygen atoms in total. The van der Waals surface area contributed by atoms with E-state index in [4.69, 9.17) is 28.1 Å². The molecule has 38 heavy (non-hydrogen) atoms. The van der Waals surface area contributed by atoms with Crippen molar-refractivity contribution in [3.05, 3.63) is 0 Å². The first-order valence-electron chi connectivity index (χ1n) is 14.4. The molecule has 10 heteroatoms. The van der Waals surface area contributed by atoms with Crippen LogP contribution < -0.4 is 0 Å². The minimum atomic E-state index is -3.60. The maximum atomic E-state index is 16.3. The van der Waals surface area contributed by atoms with Gasteiger partial charge >= 0.3 is 20.6 Å². The molecular formula is C28H49FO8Si. The number of rotatable bonds is 10. The number of esters is 2. The molecule has 0 aromatic rings. The molecule has 0 bridgehead atoms. The number of ether oxygens (including phenoxy) is 5. The molecule has 0 aromatic heterocycles. The summed E-state index contributed by atoms with van der Waals surface area (Å²) in [7, 11) is -3.60. The van der Waals surface area contributed by atoms with Gasteiger partial charge in [-0.15, -0.1) is 0 Å². The van der Waals surface area contributed by atoms with Crippen LogP contribution in [0, 0.1) is 5.41 Å². The summed E-state index contributed by atoms with van der Waals surface area (Å²) in [5, 5.41) is 0. The summed E-state index contributed by atoms with van der Waals surface area (Å²) >= 11 is 0. The van der Waals surface area contributed by atoms with E-state index < -0.39 is 50.6 Å². The fraction of sp³-hybridized carbons (Fsp3) is 0.929. The molecule has 0 radical (unpaired) electrons. The Balaban J connectivity index is 1.79. The monoisotopic (exact) mass is 560 g/mol. The summed E-state index contributed by atoms with van der Waals surface area (Å²) in [6.07, 6.45) is -0.374. The van der Waals surface area contributed by atoms with Gasteiger partial charge in [0.05, 0.1) is 30.3 Å². The van der Waals surface area contributed by atoms with Crippen molar-refractivity contribution in [2.75, 3.05) is 6.61 Å². The third kappa shape index (κ3) is 6.97. The van der Waals surface area contributed by atoms with Crippen LogP contribution in [0.25, 0.3) is 0 Å². The van der Waals surface area contributed by atoms with Gasteiger partial charge in [0.2, 0.25) is 0 Å². The van der Waals surface area contributed by atoms with Gasteiger partial charge < -0.3 is 28.1 Å². The van der Waals surface area contributed by atoms with Crippen LogP contribution in [0.1, 0.15) is 94.4 Å². The molecule has 0 N–H and O–H groups in total. The Morgan fingerprint density at radius 2 is 1.58 bits per heavy atom. The number of carbonyl (C=O) groups is 2. The number of carbonyl (C=O) groups excluding carboxylic acids is 2. The van der Waals surface area contributed by atoms with E-state index in [1.807, 2.05) is 48.5 Å². The van der Waals surface area contributed by atoms with Gasteiger partial charge in [0.15, 0.2) is 6.10 Å². The van der Waals surface area contributed by atoms with Crippen molar-refractivity contribution in [2.24, 2.45) is 5.41 Å². The van der Waals surface area contributed by atoms with Crippen molar-refractivity contribution >= 4 is 20.6 Å². The lowest BCUT2D eigenvalue weighted by Gasteiger charge is -2.48. The zero-order valence-electron chi connectivity index (χ0n) is 24.7. The van der Waals surface area contributed by atoms with Gasteiger partial charge in [-0.05, 0) is 40.0 Å². The van der Waals surface area contributed by atoms with Crippen LogP contribution in [0.15, 0.2) is 0 Å². The first-order valence-corrected chi connectivity index (χ1v) is 16.3. The second kappa shape index (κ2) is 12.6. The van der Waals surface area contributed by atoms with Crippen molar-refractivity contribution in [2.45, 2.75) is 154 Å². The predicted molar refractivity (Wildman–Crippen MR) is 143 cm³/mol. The van der Waals surface area contributed by atoms with Crippen LogP contribution in [0.2, 0.25) is 11.1 Å². The molecule has 220 valence electrons. The second-order valence-electron chi connectivity index (χ2n) is 12.7. The molecular weight excluding hydrogens is 511 g/mol. The van der Waals surface area contributed by atoms with E-state index in [0.29, 0.717) is 25.7 Å². The van der Waals surface area contributed by atoms with E-state index in [1.165, 1.54) is 6.92 Å². The van der Waals surface area contributed by atoms with Gasteiger partial charge in [-0.2, -0.15) is 0 Å². The van der Waals surface area contributed by atoms with E-state index in [-0.39, 0.29) is 42.0 Å². The summed E-state index contributed by atoms with van der Waals surface area (Å²) in [5.74, 6) is -0.687. The molecule has 3 rings (SSSR count). The SMILES string of the molecule is CCC[C@H]1O[C@@H]2[C@@H](O[C@H]3CC[C@H](CCOC(=O)C(C)(C)C)O[C@@H]3[C@H]2OC(C)=O)[C@H]1O[Si](F)(C(C)C)C(C)C. The highest BCUT2D eigenvalue weighted by molar-refractivity contribution is 6.69. The van der Waals surface area contributed by atoms with Crippen LogP contribution >= 0.6 is 0 Å². The first kappa shape index (κ1) is 31.5. The van der Waals surface area contributed by atoms with Crippen molar-refractivity contribution in [3.63, 3.8) is 0 Å². The third-order valence-electron chi connectivity index (χ3n) is 7.87. The molecule has 3 aliphatic heterocycles. The first-order chi connectivity index (χ1) is 17.7. The summed E-state index contributed by atoms with van der Waals surface area (Å²) in [4.78, 5) is 24.3. The summed E-state index contributed by atoms with van der Waals surface area (Å²) in [6, 6.07) is 0. The van der Waals surface area contributed by atoms with E-state index >= 15 is 4.11 Å². The molecule has 0 amide bonds. The molecule has 3 saturated heterocycles.